The highest BCUT2D eigenvalue weighted by Crippen LogP contribution is 2.42. The highest BCUT2D eigenvalue weighted by Gasteiger charge is 2.12. The standard InChI is InChI=1S/C14H12ClFO2S/c1-17-10-7-12(15)14(13(8-10)18-2)19-11-5-3-9(16)4-6-11/h3-8H,1-2H3. The summed E-state index contributed by atoms with van der Waals surface area (Å²) in [4.78, 5) is 1.66. The summed E-state index contributed by atoms with van der Waals surface area (Å²) in [7, 11) is 3.14. The van der Waals surface area contributed by atoms with Crippen LogP contribution in [0.5, 0.6) is 11.5 Å². The number of methoxy groups -OCH3 is 2. The first-order valence-corrected chi connectivity index (χ1v) is 6.68. The van der Waals surface area contributed by atoms with Gasteiger partial charge < -0.3 is 9.47 Å². The first-order valence-electron chi connectivity index (χ1n) is 5.49. The third kappa shape index (κ3) is 3.33. The summed E-state index contributed by atoms with van der Waals surface area (Å²) in [6.45, 7) is 0. The molecule has 2 aromatic rings. The Hall–Kier alpha value is -1.39. The minimum atomic E-state index is -0.267. The molecule has 0 fully saturated rings. The van der Waals surface area contributed by atoms with Gasteiger partial charge in [-0.05, 0) is 24.3 Å². The maximum Gasteiger partial charge on any atom is 0.137 e. The predicted molar refractivity (Wildman–Crippen MR) is 75.1 cm³/mol. The van der Waals surface area contributed by atoms with E-state index in [4.69, 9.17) is 21.1 Å². The average molecular weight is 299 g/mol. The lowest BCUT2D eigenvalue weighted by Crippen LogP contribution is -1.90. The van der Waals surface area contributed by atoms with Crippen molar-refractivity contribution in [2.45, 2.75) is 9.79 Å². The molecule has 0 aromatic heterocycles. The normalized spacial score (nSPS) is 10.3. The Bertz CT molecular complexity index is 572. The zero-order chi connectivity index (χ0) is 13.8. The molecule has 0 aliphatic heterocycles. The van der Waals surface area contributed by atoms with Crippen LogP contribution in [-0.2, 0) is 0 Å². The molecule has 2 nitrogen and oxygen atoms in total. The van der Waals surface area contributed by atoms with Crippen molar-refractivity contribution in [2.24, 2.45) is 0 Å². The molecule has 2 rings (SSSR count). The van der Waals surface area contributed by atoms with Crippen LogP contribution in [-0.4, -0.2) is 14.2 Å². The van der Waals surface area contributed by atoms with Crippen LogP contribution in [0.3, 0.4) is 0 Å². The first kappa shape index (κ1) is 14.0. The second-order valence-electron chi connectivity index (χ2n) is 3.70. The van der Waals surface area contributed by atoms with Crippen molar-refractivity contribution in [3.63, 3.8) is 0 Å². The lowest BCUT2D eigenvalue weighted by atomic mass is 10.3. The van der Waals surface area contributed by atoms with Gasteiger partial charge in [0.1, 0.15) is 17.3 Å². The molecule has 0 amide bonds. The second kappa shape index (κ2) is 6.17. The van der Waals surface area contributed by atoms with E-state index >= 15 is 0 Å². The molecule has 19 heavy (non-hydrogen) atoms. The fourth-order valence-electron chi connectivity index (χ4n) is 1.53. The Balaban J connectivity index is 2.36. The maximum atomic E-state index is 12.9. The van der Waals surface area contributed by atoms with Gasteiger partial charge in [-0.1, -0.05) is 23.4 Å². The molecular formula is C14H12ClFO2S. The molecule has 0 bridgehead atoms. The fourth-order valence-corrected chi connectivity index (χ4v) is 2.76. The third-order valence-corrected chi connectivity index (χ3v) is 4.02. The molecule has 2 aromatic carbocycles. The van der Waals surface area contributed by atoms with E-state index in [0.717, 1.165) is 9.79 Å². The lowest BCUT2D eigenvalue weighted by molar-refractivity contribution is 0.387. The van der Waals surface area contributed by atoms with E-state index < -0.39 is 0 Å². The summed E-state index contributed by atoms with van der Waals surface area (Å²) in [5.41, 5.74) is 0. The van der Waals surface area contributed by atoms with Gasteiger partial charge in [-0.3, -0.25) is 0 Å². The highest BCUT2D eigenvalue weighted by molar-refractivity contribution is 7.99. The Morgan fingerprint density at radius 1 is 1.05 bits per heavy atom. The third-order valence-electron chi connectivity index (χ3n) is 2.47. The van der Waals surface area contributed by atoms with Crippen LogP contribution in [0.1, 0.15) is 0 Å². The quantitative estimate of drug-likeness (QED) is 0.819. The Labute approximate surface area is 120 Å². The summed E-state index contributed by atoms with van der Waals surface area (Å²) in [5.74, 6) is 0.987. The number of halogens is 2. The molecule has 0 N–H and O–H groups in total. The molecular weight excluding hydrogens is 287 g/mol. The van der Waals surface area contributed by atoms with Crippen LogP contribution in [0, 0.1) is 5.82 Å². The summed E-state index contributed by atoms with van der Waals surface area (Å²) >= 11 is 7.63. The number of hydrogen-bond donors (Lipinski definition) is 0. The SMILES string of the molecule is COc1cc(Cl)c(Sc2ccc(F)cc2)c(OC)c1. The van der Waals surface area contributed by atoms with E-state index in [1.165, 1.54) is 23.9 Å². The molecule has 100 valence electrons. The van der Waals surface area contributed by atoms with Crippen LogP contribution in [0.25, 0.3) is 0 Å². The molecule has 0 saturated heterocycles. The van der Waals surface area contributed by atoms with Crippen molar-refractivity contribution in [1.82, 2.24) is 0 Å². The minimum Gasteiger partial charge on any atom is -0.497 e. The van der Waals surface area contributed by atoms with E-state index in [0.29, 0.717) is 16.5 Å². The average Bonchev–Trinajstić information content (AvgIpc) is 2.43. The van der Waals surface area contributed by atoms with Crippen molar-refractivity contribution in [3.8, 4) is 11.5 Å². The van der Waals surface area contributed by atoms with Gasteiger partial charge in [0.05, 0.1) is 24.1 Å². The summed E-state index contributed by atoms with van der Waals surface area (Å²) in [6.07, 6.45) is 0. The zero-order valence-electron chi connectivity index (χ0n) is 10.4. The number of benzene rings is 2. The van der Waals surface area contributed by atoms with Gasteiger partial charge in [0.25, 0.3) is 0 Å². The predicted octanol–water partition coefficient (Wildman–Crippen LogP) is 4.65. The molecule has 0 atom stereocenters. The van der Waals surface area contributed by atoms with Crippen LogP contribution in [0.15, 0.2) is 46.2 Å². The highest BCUT2D eigenvalue weighted by atomic mass is 35.5. The van der Waals surface area contributed by atoms with Gasteiger partial charge in [-0.15, -0.1) is 0 Å². The minimum absolute atomic E-state index is 0.267. The Morgan fingerprint density at radius 2 is 1.74 bits per heavy atom. The molecule has 0 saturated carbocycles. The zero-order valence-corrected chi connectivity index (χ0v) is 12.0. The van der Waals surface area contributed by atoms with E-state index in [2.05, 4.69) is 0 Å². The molecule has 0 aliphatic rings. The lowest BCUT2D eigenvalue weighted by Gasteiger charge is -2.12. The van der Waals surface area contributed by atoms with E-state index in [1.807, 2.05) is 0 Å². The fraction of sp³-hybridized carbons (Fsp3) is 0.143. The number of ether oxygens (including phenoxy) is 2. The summed E-state index contributed by atoms with van der Waals surface area (Å²) in [5, 5.41) is 0.533. The van der Waals surface area contributed by atoms with Crippen molar-refractivity contribution in [1.29, 1.82) is 0 Å². The van der Waals surface area contributed by atoms with Gasteiger partial charge >= 0.3 is 0 Å². The topological polar surface area (TPSA) is 18.5 Å². The monoisotopic (exact) mass is 298 g/mol. The number of hydrogen-bond acceptors (Lipinski definition) is 3. The second-order valence-corrected chi connectivity index (χ2v) is 5.19. The van der Waals surface area contributed by atoms with Crippen LogP contribution < -0.4 is 9.47 Å². The largest absolute Gasteiger partial charge is 0.497 e. The van der Waals surface area contributed by atoms with Gasteiger partial charge in [0.15, 0.2) is 0 Å². The molecule has 0 unspecified atom stereocenters. The smallest absolute Gasteiger partial charge is 0.137 e. The Morgan fingerprint density at radius 3 is 2.32 bits per heavy atom. The van der Waals surface area contributed by atoms with Crippen molar-refractivity contribution < 1.29 is 13.9 Å². The van der Waals surface area contributed by atoms with Gasteiger partial charge in [-0.2, -0.15) is 0 Å². The molecule has 0 aliphatic carbocycles. The first-order chi connectivity index (χ1) is 9.13. The van der Waals surface area contributed by atoms with E-state index in [1.54, 1.807) is 38.5 Å². The number of rotatable bonds is 4. The summed E-state index contributed by atoms with van der Waals surface area (Å²) in [6, 6.07) is 9.69. The Kier molecular flexibility index (Phi) is 4.56. The van der Waals surface area contributed by atoms with Crippen molar-refractivity contribution in [2.75, 3.05) is 14.2 Å². The van der Waals surface area contributed by atoms with Gasteiger partial charge in [0.2, 0.25) is 0 Å². The van der Waals surface area contributed by atoms with Crippen molar-refractivity contribution >= 4 is 23.4 Å². The van der Waals surface area contributed by atoms with E-state index in [9.17, 15) is 4.39 Å². The van der Waals surface area contributed by atoms with Crippen molar-refractivity contribution in [3.05, 3.63) is 47.2 Å². The molecule has 0 spiro atoms. The van der Waals surface area contributed by atoms with Gasteiger partial charge in [-0.25, -0.2) is 4.39 Å². The molecule has 0 heterocycles. The maximum absolute atomic E-state index is 12.9. The van der Waals surface area contributed by atoms with E-state index in [-0.39, 0.29) is 5.82 Å². The molecule has 0 radical (unpaired) electrons. The summed E-state index contributed by atoms with van der Waals surface area (Å²) < 4.78 is 23.3. The van der Waals surface area contributed by atoms with Crippen LogP contribution in [0.2, 0.25) is 5.02 Å². The van der Waals surface area contributed by atoms with Crippen LogP contribution >= 0.6 is 23.4 Å². The molecule has 5 heteroatoms. The van der Waals surface area contributed by atoms with Gasteiger partial charge in [0, 0.05) is 17.0 Å². The van der Waals surface area contributed by atoms with Crippen LogP contribution in [0.4, 0.5) is 4.39 Å².